The highest BCUT2D eigenvalue weighted by Gasteiger charge is 2.06. The van der Waals surface area contributed by atoms with Gasteiger partial charge < -0.3 is 19.7 Å². The third-order valence-electron chi connectivity index (χ3n) is 3.87. The highest BCUT2D eigenvalue weighted by molar-refractivity contribution is 7.07. The molecule has 0 spiro atoms. The van der Waals surface area contributed by atoms with Crippen molar-refractivity contribution in [2.45, 2.75) is 0 Å². The molecule has 0 aliphatic rings. The maximum absolute atomic E-state index is 12.4. The lowest BCUT2D eigenvalue weighted by atomic mass is 10.2. The first-order valence-corrected chi connectivity index (χ1v) is 8.92. The minimum atomic E-state index is -0.354. The molecule has 2 N–H and O–H groups in total. The molecule has 0 aliphatic carbocycles. The van der Waals surface area contributed by atoms with E-state index in [0.717, 1.165) is 5.56 Å². The first-order valence-electron chi connectivity index (χ1n) is 8.10. The molecule has 27 heavy (non-hydrogen) atoms. The fraction of sp³-hybridized carbons (Fsp3) is 0.100. The topological polar surface area (TPSA) is 80.6 Å². The van der Waals surface area contributed by atoms with Crippen LogP contribution in [0.5, 0.6) is 11.5 Å². The third kappa shape index (κ3) is 4.27. The zero-order valence-electron chi connectivity index (χ0n) is 14.8. The third-order valence-corrected chi connectivity index (χ3v) is 4.98. The molecule has 0 unspecified atom stereocenters. The second-order valence-corrected chi connectivity index (χ2v) is 6.80. The summed E-state index contributed by atoms with van der Waals surface area (Å²) in [5.41, 5.74) is 1.15. The average molecular weight is 382 g/mol. The molecule has 0 aliphatic heterocycles. The Labute approximate surface area is 159 Å². The molecule has 0 atom stereocenters. The minimum Gasteiger partial charge on any atom is -0.508 e. The predicted molar refractivity (Wildman–Crippen MR) is 107 cm³/mol. The van der Waals surface area contributed by atoms with Gasteiger partial charge in [0.2, 0.25) is 0 Å². The van der Waals surface area contributed by atoms with Crippen molar-refractivity contribution < 1.29 is 14.6 Å². The van der Waals surface area contributed by atoms with Gasteiger partial charge in [-0.15, -0.1) is 11.3 Å². The van der Waals surface area contributed by atoms with Crippen LogP contribution in [0.2, 0.25) is 0 Å². The van der Waals surface area contributed by atoms with Crippen LogP contribution in [0.25, 0.3) is 12.2 Å². The van der Waals surface area contributed by atoms with Crippen LogP contribution < -0.4 is 24.8 Å². The number of hydrogen-bond acceptors (Lipinski definition) is 5. The monoisotopic (exact) mass is 382 g/mol. The summed E-state index contributed by atoms with van der Waals surface area (Å²) in [6.07, 6.45) is 3.11. The number of aromatic hydroxyl groups is 1. The van der Waals surface area contributed by atoms with E-state index in [1.165, 1.54) is 29.1 Å². The van der Waals surface area contributed by atoms with Gasteiger partial charge in [-0.2, -0.15) is 0 Å². The molecule has 2 aromatic carbocycles. The number of ether oxygens (including phenoxy) is 1. The quantitative estimate of drug-likeness (QED) is 0.715. The Hall–Kier alpha value is -3.32. The summed E-state index contributed by atoms with van der Waals surface area (Å²) < 4.78 is 7.67. The summed E-state index contributed by atoms with van der Waals surface area (Å²) in [6, 6.07) is 13.6. The summed E-state index contributed by atoms with van der Waals surface area (Å²) in [4.78, 5) is 24.8. The van der Waals surface area contributed by atoms with Crippen LogP contribution >= 0.6 is 11.3 Å². The Morgan fingerprint density at radius 3 is 2.59 bits per heavy atom. The number of carbonyl (C=O) groups excluding carboxylic acids is 1. The Balaban J connectivity index is 1.94. The van der Waals surface area contributed by atoms with Crippen LogP contribution in [0.15, 0.2) is 53.3 Å². The second kappa shape index (κ2) is 7.92. The molecule has 1 heterocycles. The number of para-hydroxylation sites is 2. The predicted octanol–water partition coefficient (Wildman–Crippen LogP) is 1.41. The molecule has 0 saturated carbocycles. The van der Waals surface area contributed by atoms with Gasteiger partial charge >= 0.3 is 0 Å². The number of aromatic nitrogens is 1. The van der Waals surface area contributed by atoms with Gasteiger partial charge in [0.05, 0.1) is 17.3 Å². The fourth-order valence-electron chi connectivity index (χ4n) is 2.46. The largest absolute Gasteiger partial charge is 0.508 e. The molecular formula is C20H18N2O4S. The number of anilines is 1. The van der Waals surface area contributed by atoms with Crippen LogP contribution in [0, 0.1) is 0 Å². The summed E-state index contributed by atoms with van der Waals surface area (Å²) in [5.74, 6) is 0.362. The van der Waals surface area contributed by atoms with E-state index in [1.54, 1.807) is 55.6 Å². The molecule has 1 amide bonds. The van der Waals surface area contributed by atoms with Crippen LogP contribution in [0.1, 0.15) is 5.56 Å². The van der Waals surface area contributed by atoms with Gasteiger partial charge in [0.25, 0.3) is 11.5 Å². The van der Waals surface area contributed by atoms with Crippen molar-refractivity contribution in [3.63, 3.8) is 0 Å². The van der Waals surface area contributed by atoms with Crippen LogP contribution in [-0.4, -0.2) is 22.7 Å². The van der Waals surface area contributed by atoms with Crippen LogP contribution in [0.4, 0.5) is 5.69 Å². The molecule has 0 radical (unpaired) electrons. The standard InChI is InChI=1S/C20H18N2O4S/c1-22-19(12-18(24)21-15-5-3-4-6-16(15)26-2)27-17(20(22)25)11-13-7-9-14(23)10-8-13/h3-12,23H,1-2H3,(H,21,24). The molecule has 0 fully saturated rings. The molecular weight excluding hydrogens is 364 g/mol. The summed E-state index contributed by atoms with van der Waals surface area (Å²) in [7, 11) is 3.15. The maximum Gasteiger partial charge on any atom is 0.268 e. The Morgan fingerprint density at radius 2 is 1.89 bits per heavy atom. The molecule has 0 bridgehead atoms. The molecule has 3 aromatic rings. The number of amides is 1. The number of nitrogens with one attached hydrogen (secondary N) is 1. The number of hydrogen-bond donors (Lipinski definition) is 2. The number of carbonyl (C=O) groups is 1. The lowest BCUT2D eigenvalue weighted by Crippen LogP contribution is -2.29. The van der Waals surface area contributed by atoms with Crippen molar-refractivity contribution >= 4 is 35.1 Å². The van der Waals surface area contributed by atoms with E-state index >= 15 is 0 Å². The first-order chi connectivity index (χ1) is 13.0. The van der Waals surface area contributed by atoms with E-state index in [0.29, 0.717) is 20.6 Å². The van der Waals surface area contributed by atoms with Crippen molar-refractivity contribution in [2.24, 2.45) is 7.05 Å². The highest BCUT2D eigenvalue weighted by atomic mass is 32.1. The number of thiazole rings is 1. The van der Waals surface area contributed by atoms with E-state index in [2.05, 4.69) is 5.32 Å². The van der Waals surface area contributed by atoms with Gasteiger partial charge in [-0.05, 0) is 35.9 Å². The molecule has 6 nitrogen and oxygen atoms in total. The normalized spacial score (nSPS) is 12.2. The van der Waals surface area contributed by atoms with E-state index in [4.69, 9.17) is 4.74 Å². The summed E-state index contributed by atoms with van der Waals surface area (Å²) in [5, 5.41) is 12.1. The van der Waals surface area contributed by atoms with E-state index in [1.807, 2.05) is 6.07 Å². The number of phenolic OH excluding ortho intramolecular Hbond substituents is 1. The van der Waals surface area contributed by atoms with Gasteiger partial charge in [0.15, 0.2) is 0 Å². The van der Waals surface area contributed by atoms with Crippen molar-refractivity contribution in [3.05, 3.63) is 73.6 Å². The van der Waals surface area contributed by atoms with E-state index in [-0.39, 0.29) is 17.2 Å². The fourth-order valence-corrected chi connectivity index (χ4v) is 3.49. The zero-order valence-corrected chi connectivity index (χ0v) is 15.6. The number of methoxy groups -OCH3 is 1. The molecule has 1 aromatic heterocycles. The Bertz CT molecular complexity index is 1140. The number of nitrogens with zero attached hydrogens (tertiary/aromatic N) is 1. The van der Waals surface area contributed by atoms with Crippen molar-refractivity contribution in [3.8, 4) is 11.5 Å². The average Bonchev–Trinajstić information content (AvgIpc) is 2.92. The van der Waals surface area contributed by atoms with Crippen molar-refractivity contribution in [2.75, 3.05) is 12.4 Å². The SMILES string of the molecule is COc1ccccc1NC(=O)C=c1sc(=Cc2ccc(O)cc2)c(=O)n1C. The number of benzene rings is 2. The first kappa shape index (κ1) is 18.5. The highest BCUT2D eigenvalue weighted by Crippen LogP contribution is 2.22. The zero-order chi connectivity index (χ0) is 19.4. The molecule has 7 heteroatoms. The van der Waals surface area contributed by atoms with Crippen molar-refractivity contribution in [1.29, 1.82) is 0 Å². The summed E-state index contributed by atoms with van der Waals surface area (Å²) in [6.45, 7) is 0. The molecule has 0 saturated heterocycles. The summed E-state index contributed by atoms with van der Waals surface area (Å²) >= 11 is 1.22. The molecule has 138 valence electrons. The lowest BCUT2D eigenvalue weighted by molar-refractivity contribution is -0.110. The van der Waals surface area contributed by atoms with E-state index < -0.39 is 0 Å². The van der Waals surface area contributed by atoms with Crippen LogP contribution in [0.3, 0.4) is 0 Å². The maximum atomic E-state index is 12.4. The van der Waals surface area contributed by atoms with Gasteiger partial charge in [0, 0.05) is 13.1 Å². The minimum absolute atomic E-state index is 0.160. The Kier molecular flexibility index (Phi) is 5.42. The molecule has 3 rings (SSSR count). The van der Waals surface area contributed by atoms with Crippen LogP contribution in [-0.2, 0) is 11.8 Å². The number of rotatable bonds is 4. The smallest absolute Gasteiger partial charge is 0.268 e. The van der Waals surface area contributed by atoms with Gasteiger partial charge in [-0.25, -0.2) is 0 Å². The van der Waals surface area contributed by atoms with Gasteiger partial charge in [-0.3, -0.25) is 9.59 Å². The van der Waals surface area contributed by atoms with Gasteiger partial charge in [-0.1, -0.05) is 24.3 Å². The van der Waals surface area contributed by atoms with E-state index in [9.17, 15) is 14.7 Å². The Morgan fingerprint density at radius 1 is 1.19 bits per heavy atom. The van der Waals surface area contributed by atoms with Gasteiger partial charge in [0.1, 0.15) is 16.2 Å². The lowest BCUT2D eigenvalue weighted by Gasteiger charge is -2.07. The second-order valence-electron chi connectivity index (χ2n) is 5.74. The number of phenols is 1. The van der Waals surface area contributed by atoms with Crippen molar-refractivity contribution in [1.82, 2.24) is 4.57 Å².